The van der Waals surface area contributed by atoms with Gasteiger partial charge in [0, 0.05) is 22.5 Å². The van der Waals surface area contributed by atoms with Gasteiger partial charge in [-0.2, -0.15) is 0 Å². The lowest BCUT2D eigenvalue weighted by Crippen LogP contribution is -2.25. The van der Waals surface area contributed by atoms with E-state index in [1.807, 2.05) is 32.3 Å². The number of ether oxygens (including phenoxy) is 1. The van der Waals surface area contributed by atoms with Gasteiger partial charge in [-0.15, -0.1) is 21.5 Å². The van der Waals surface area contributed by atoms with Gasteiger partial charge in [0.25, 0.3) is 0 Å². The molecule has 2 N–H and O–H groups in total. The molecule has 0 saturated heterocycles. The summed E-state index contributed by atoms with van der Waals surface area (Å²) in [5, 5.41) is 18.6. The van der Waals surface area contributed by atoms with Crippen LogP contribution in [0.2, 0.25) is 0 Å². The number of esters is 1. The summed E-state index contributed by atoms with van der Waals surface area (Å²) in [6, 6.07) is 7.80. The molecule has 0 aliphatic carbocycles. The van der Waals surface area contributed by atoms with Crippen LogP contribution in [-0.4, -0.2) is 43.8 Å². The lowest BCUT2D eigenvalue weighted by Gasteiger charge is -2.21. The Bertz CT molecular complexity index is 1360. The monoisotopic (exact) mass is 521 g/mol. The van der Waals surface area contributed by atoms with Crippen molar-refractivity contribution in [3.8, 4) is 5.00 Å². The maximum Gasteiger partial charge on any atom is 0.308 e. The summed E-state index contributed by atoms with van der Waals surface area (Å²) in [6.07, 6.45) is 2.90. The molecule has 0 saturated carbocycles. The van der Waals surface area contributed by atoms with E-state index in [0.29, 0.717) is 12.4 Å². The molecule has 0 radical (unpaired) electrons. The molecule has 3 heterocycles. The third-order valence-electron chi connectivity index (χ3n) is 6.34. The van der Waals surface area contributed by atoms with Crippen LogP contribution in [0, 0.1) is 20.8 Å². The SMILES string of the molecule is C/C(=C\CCNO)c1ccc(C2=N[C@@H](CC(=O)OC(C)(C)C)c3nnc(C)n3-c3sc(C)c(C)c32)cc1. The molecule has 3 aromatic rings. The molecular formula is C28H35N5O3S. The average molecular weight is 522 g/mol. The Morgan fingerprint density at radius 2 is 1.89 bits per heavy atom. The second-order valence-electron chi connectivity index (χ2n) is 10.3. The third kappa shape index (κ3) is 5.74. The van der Waals surface area contributed by atoms with Gasteiger partial charge in [0.2, 0.25) is 0 Å². The largest absolute Gasteiger partial charge is 0.460 e. The fourth-order valence-electron chi connectivity index (χ4n) is 4.43. The van der Waals surface area contributed by atoms with E-state index >= 15 is 0 Å². The number of hydrogen-bond acceptors (Lipinski definition) is 8. The number of aryl methyl sites for hydroxylation is 2. The van der Waals surface area contributed by atoms with E-state index in [0.717, 1.165) is 50.8 Å². The lowest BCUT2D eigenvalue weighted by molar-refractivity contribution is -0.155. The van der Waals surface area contributed by atoms with Gasteiger partial charge in [-0.1, -0.05) is 30.3 Å². The lowest BCUT2D eigenvalue weighted by atomic mass is 9.97. The van der Waals surface area contributed by atoms with Crippen molar-refractivity contribution in [1.82, 2.24) is 20.2 Å². The molecule has 1 aromatic carbocycles. The summed E-state index contributed by atoms with van der Waals surface area (Å²) >= 11 is 1.69. The van der Waals surface area contributed by atoms with Crippen molar-refractivity contribution in [2.75, 3.05) is 6.54 Å². The highest BCUT2D eigenvalue weighted by Gasteiger charge is 2.33. The van der Waals surface area contributed by atoms with Crippen molar-refractivity contribution >= 4 is 28.6 Å². The summed E-state index contributed by atoms with van der Waals surface area (Å²) < 4.78 is 7.68. The molecule has 8 nitrogen and oxygen atoms in total. The topological polar surface area (TPSA) is 102 Å². The number of hydrogen-bond donors (Lipinski definition) is 2. The van der Waals surface area contributed by atoms with Crippen molar-refractivity contribution < 1.29 is 14.7 Å². The maximum atomic E-state index is 12.9. The predicted molar refractivity (Wildman–Crippen MR) is 147 cm³/mol. The number of nitrogens with one attached hydrogen (secondary N) is 1. The molecule has 0 amide bonds. The highest BCUT2D eigenvalue weighted by atomic mass is 32.1. The third-order valence-corrected chi connectivity index (χ3v) is 7.53. The normalized spacial score (nSPS) is 15.6. The minimum Gasteiger partial charge on any atom is -0.460 e. The fourth-order valence-corrected chi connectivity index (χ4v) is 5.64. The first-order valence-corrected chi connectivity index (χ1v) is 13.3. The highest BCUT2D eigenvalue weighted by molar-refractivity contribution is 7.15. The molecule has 9 heteroatoms. The fraction of sp³-hybridized carbons (Fsp3) is 0.429. The molecule has 196 valence electrons. The van der Waals surface area contributed by atoms with Crippen LogP contribution in [-0.2, 0) is 9.53 Å². The second kappa shape index (κ2) is 10.7. The van der Waals surface area contributed by atoms with Crippen molar-refractivity contribution in [2.24, 2.45) is 4.99 Å². The quantitative estimate of drug-likeness (QED) is 0.237. The molecule has 1 atom stereocenters. The van der Waals surface area contributed by atoms with Gasteiger partial charge in [0.05, 0.1) is 12.1 Å². The van der Waals surface area contributed by atoms with Crippen LogP contribution in [0.5, 0.6) is 0 Å². The van der Waals surface area contributed by atoms with Gasteiger partial charge in [0.15, 0.2) is 5.82 Å². The Kier molecular flexibility index (Phi) is 7.77. The zero-order valence-electron chi connectivity index (χ0n) is 22.5. The first-order chi connectivity index (χ1) is 17.5. The smallest absolute Gasteiger partial charge is 0.308 e. The Labute approximate surface area is 222 Å². The molecule has 4 rings (SSSR count). The maximum absolute atomic E-state index is 12.9. The Hall–Kier alpha value is -3.14. The van der Waals surface area contributed by atoms with Crippen LogP contribution in [0.1, 0.15) is 85.4 Å². The van der Waals surface area contributed by atoms with Crippen LogP contribution in [0.15, 0.2) is 35.3 Å². The zero-order chi connectivity index (χ0) is 26.9. The van der Waals surface area contributed by atoms with E-state index in [1.165, 1.54) is 4.88 Å². The van der Waals surface area contributed by atoms with E-state index in [4.69, 9.17) is 14.9 Å². The van der Waals surface area contributed by atoms with Crippen LogP contribution >= 0.6 is 11.3 Å². The number of fused-ring (bicyclic) bond motifs is 3. The van der Waals surface area contributed by atoms with Crippen molar-refractivity contribution in [2.45, 2.75) is 73.0 Å². The van der Waals surface area contributed by atoms with Gasteiger partial charge in [-0.05, 0) is 71.6 Å². The number of carbonyl (C=O) groups excluding carboxylic acids is 1. The molecule has 1 aliphatic heterocycles. The molecule has 0 bridgehead atoms. The number of allylic oxidation sites excluding steroid dienone is 1. The number of benzene rings is 1. The number of thiophene rings is 1. The van der Waals surface area contributed by atoms with Gasteiger partial charge >= 0.3 is 5.97 Å². The molecular weight excluding hydrogens is 486 g/mol. The first kappa shape index (κ1) is 26.9. The van der Waals surface area contributed by atoms with Crippen molar-refractivity contribution in [3.05, 3.63) is 69.1 Å². The van der Waals surface area contributed by atoms with E-state index in [1.54, 1.807) is 11.3 Å². The summed E-state index contributed by atoms with van der Waals surface area (Å²) in [5.74, 6) is 1.09. The standard InChI is InChI=1S/C28H35N5O3S/c1-16(9-8-14-29-35)20-10-12-21(13-11-20)25-24-17(2)18(3)37-27(24)33-19(4)31-32-26(33)22(30-25)15-23(34)36-28(5,6)7/h9-13,22,29,35H,8,14-15H2,1-7H3/b16-9+/t22-/m0/s1. The van der Waals surface area contributed by atoms with Crippen LogP contribution in [0.4, 0.5) is 0 Å². The van der Waals surface area contributed by atoms with Gasteiger partial charge < -0.3 is 9.94 Å². The van der Waals surface area contributed by atoms with Gasteiger partial charge in [0.1, 0.15) is 22.5 Å². The van der Waals surface area contributed by atoms with Crippen molar-refractivity contribution in [1.29, 1.82) is 0 Å². The van der Waals surface area contributed by atoms with Gasteiger partial charge in [-0.3, -0.25) is 14.4 Å². The minimum atomic E-state index is -0.585. The van der Waals surface area contributed by atoms with Crippen LogP contribution in [0.25, 0.3) is 10.6 Å². The molecule has 37 heavy (non-hydrogen) atoms. The van der Waals surface area contributed by atoms with E-state index in [-0.39, 0.29) is 12.4 Å². The molecule has 0 spiro atoms. The average Bonchev–Trinajstić information content (AvgIpc) is 3.30. The molecule has 1 aliphatic rings. The van der Waals surface area contributed by atoms with Crippen LogP contribution in [0.3, 0.4) is 0 Å². The van der Waals surface area contributed by atoms with E-state index < -0.39 is 11.6 Å². The molecule has 0 unspecified atom stereocenters. The van der Waals surface area contributed by atoms with E-state index in [9.17, 15) is 4.79 Å². The number of aliphatic imine (C=N–C) groups is 1. The summed E-state index contributed by atoms with van der Waals surface area (Å²) in [7, 11) is 0. The Morgan fingerprint density at radius 1 is 1.19 bits per heavy atom. The number of hydroxylamine groups is 1. The Balaban J connectivity index is 1.81. The Morgan fingerprint density at radius 3 is 2.54 bits per heavy atom. The van der Waals surface area contributed by atoms with E-state index in [2.05, 4.69) is 66.8 Å². The molecule has 2 aromatic heterocycles. The number of rotatable bonds is 7. The first-order valence-electron chi connectivity index (χ1n) is 12.5. The number of carbonyl (C=O) groups is 1. The summed E-state index contributed by atoms with van der Waals surface area (Å²) in [6.45, 7) is 14.3. The molecule has 0 fully saturated rings. The second-order valence-corrected chi connectivity index (χ2v) is 11.6. The predicted octanol–water partition coefficient (Wildman–Crippen LogP) is 5.65. The zero-order valence-corrected chi connectivity index (χ0v) is 23.4. The van der Waals surface area contributed by atoms with Gasteiger partial charge in [-0.25, -0.2) is 5.48 Å². The highest BCUT2D eigenvalue weighted by Crippen LogP contribution is 2.39. The number of aromatic nitrogens is 3. The summed E-state index contributed by atoms with van der Waals surface area (Å²) in [4.78, 5) is 19.3. The van der Waals surface area contributed by atoms with Crippen molar-refractivity contribution in [3.63, 3.8) is 0 Å². The summed E-state index contributed by atoms with van der Waals surface area (Å²) in [5.41, 5.74) is 7.86. The number of nitrogens with zero attached hydrogens (tertiary/aromatic N) is 4. The minimum absolute atomic E-state index is 0.0741. The van der Waals surface area contributed by atoms with Crippen LogP contribution < -0.4 is 5.48 Å².